The SMILES string of the molecule is CCc1c(-c2ccc3c(c2)cc(CN2CCC(N(C)C)C2)n3C)[nH]c(=O)c(C(=O)O)c1N. The molecule has 4 rings (SSSR count). The molecular weight excluding hydrogens is 406 g/mol. The second-order valence-electron chi connectivity index (χ2n) is 8.86. The van der Waals surface area contributed by atoms with Crippen molar-refractivity contribution >= 4 is 22.6 Å². The molecule has 170 valence electrons. The van der Waals surface area contributed by atoms with Crippen LogP contribution < -0.4 is 11.3 Å². The molecule has 4 N–H and O–H groups in total. The van der Waals surface area contributed by atoms with Crippen molar-refractivity contribution < 1.29 is 9.90 Å². The van der Waals surface area contributed by atoms with Crippen molar-refractivity contribution in [3.05, 3.63) is 51.4 Å². The van der Waals surface area contributed by atoms with E-state index in [0.717, 1.165) is 36.1 Å². The summed E-state index contributed by atoms with van der Waals surface area (Å²) in [5, 5.41) is 10.4. The van der Waals surface area contributed by atoms with Crippen LogP contribution in [0.15, 0.2) is 29.1 Å². The third-order valence-corrected chi connectivity index (χ3v) is 6.72. The van der Waals surface area contributed by atoms with E-state index in [-0.39, 0.29) is 5.69 Å². The van der Waals surface area contributed by atoms with Crippen LogP contribution in [0, 0.1) is 0 Å². The van der Waals surface area contributed by atoms with Crippen molar-refractivity contribution in [2.45, 2.75) is 32.4 Å². The van der Waals surface area contributed by atoms with Crippen LogP contribution in [0.5, 0.6) is 0 Å². The number of nitrogens with two attached hydrogens (primary N) is 1. The summed E-state index contributed by atoms with van der Waals surface area (Å²) < 4.78 is 2.22. The lowest BCUT2D eigenvalue weighted by Crippen LogP contribution is -2.31. The quantitative estimate of drug-likeness (QED) is 0.547. The molecule has 0 amide bonds. The number of aromatic nitrogens is 2. The number of benzene rings is 1. The molecule has 1 fully saturated rings. The molecule has 1 unspecified atom stereocenters. The highest BCUT2D eigenvalue weighted by molar-refractivity contribution is 5.96. The van der Waals surface area contributed by atoms with Gasteiger partial charge in [-0.15, -0.1) is 0 Å². The molecule has 0 radical (unpaired) electrons. The van der Waals surface area contributed by atoms with E-state index in [0.29, 0.717) is 23.7 Å². The molecule has 1 aliphatic rings. The standard InChI is InChI=1S/C24H31N5O3/c1-5-18-21(25)20(24(31)32)23(30)26-22(18)14-6-7-19-15(10-14)11-17(28(19)4)13-29-9-8-16(12-29)27(2)3/h6-7,10-11,16H,5,8-9,12-13H2,1-4H3,(H,31,32)(H3,25,26,30). The molecule has 3 heterocycles. The first-order valence-electron chi connectivity index (χ1n) is 11.0. The number of aromatic carboxylic acids is 1. The summed E-state index contributed by atoms with van der Waals surface area (Å²) in [5.41, 5.74) is 9.45. The van der Waals surface area contributed by atoms with Crippen molar-refractivity contribution in [3.63, 3.8) is 0 Å². The van der Waals surface area contributed by atoms with Gasteiger partial charge in [0.15, 0.2) is 0 Å². The van der Waals surface area contributed by atoms with Crippen molar-refractivity contribution in [2.24, 2.45) is 7.05 Å². The minimum absolute atomic E-state index is 0.0390. The first-order valence-corrected chi connectivity index (χ1v) is 11.0. The topological polar surface area (TPSA) is 108 Å². The lowest BCUT2D eigenvalue weighted by Gasteiger charge is -2.20. The number of nitrogens with zero attached hydrogens (tertiary/aromatic N) is 3. The van der Waals surface area contributed by atoms with Gasteiger partial charge in [0.05, 0.1) is 11.4 Å². The van der Waals surface area contributed by atoms with Gasteiger partial charge in [-0.2, -0.15) is 0 Å². The normalized spacial score (nSPS) is 17.0. The summed E-state index contributed by atoms with van der Waals surface area (Å²) in [4.78, 5) is 31.4. The second-order valence-corrected chi connectivity index (χ2v) is 8.86. The molecule has 1 aromatic carbocycles. The monoisotopic (exact) mass is 437 g/mol. The summed E-state index contributed by atoms with van der Waals surface area (Å²) >= 11 is 0. The number of nitrogen functional groups attached to an aromatic ring is 1. The van der Waals surface area contributed by atoms with E-state index in [4.69, 9.17) is 5.73 Å². The molecule has 3 aromatic rings. The number of nitrogens with one attached hydrogen (secondary N) is 1. The maximum atomic E-state index is 12.4. The number of aromatic amines is 1. The molecule has 0 saturated carbocycles. The van der Waals surface area contributed by atoms with Crippen LogP contribution in [0.2, 0.25) is 0 Å². The van der Waals surface area contributed by atoms with E-state index in [1.165, 1.54) is 12.1 Å². The van der Waals surface area contributed by atoms with Gasteiger partial charge >= 0.3 is 5.97 Å². The summed E-state index contributed by atoms with van der Waals surface area (Å²) in [6.45, 7) is 4.94. The molecule has 0 bridgehead atoms. The largest absolute Gasteiger partial charge is 0.477 e. The Morgan fingerprint density at radius 1 is 1.31 bits per heavy atom. The number of hydrogen-bond acceptors (Lipinski definition) is 5. The predicted octanol–water partition coefficient (Wildman–Crippen LogP) is 2.51. The number of likely N-dealkylation sites (tertiary alicyclic amines) is 1. The van der Waals surface area contributed by atoms with Crippen LogP contribution in [0.25, 0.3) is 22.2 Å². The van der Waals surface area contributed by atoms with E-state index in [1.807, 2.05) is 25.1 Å². The van der Waals surface area contributed by atoms with Gasteiger partial charge in [-0.1, -0.05) is 13.0 Å². The molecule has 8 heteroatoms. The summed E-state index contributed by atoms with van der Waals surface area (Å²) in [6, 6.07) is 8.82. The van der Waals surface area contributed by atoms with Crippen molar-refractivity contribution in [3.8, 4) is 11.3 Å². The highest BCUT2D eigenvalue weighted by Crippen LogP contribution is 2.31. The fraction of sp³-hybridized carbons (Fsp3) is 0.417. The molecule has 0 aliphatic carbocycles. The van der Waals surface area contributed by atoms with Gasteiger partial charge < -0.3 is 25.3 Å². The minimum atomic E-state index is -1.31. The number of carboxylic acids is 1. The van der Waals surface area contributed by atoms with Crippen LogP contribution in [-0.2, 0) is 20.0 Å². The zero-order chi connectivity index (χ0) is 23.2. The highest BCUT2D eigenvalue weighted by atomic mass is 16.4. The number of carboxylic acid groups (broad SMARTS) is 1. The Kier molecular flexibility index (Phi) is 5.83. The Balaban J connectivity index is 1.71. The summed E-state index contributed by atoms with van der Waals surface area (Å²) in [6.07, 6.45) is 1.69. The Morgan fingerprint density at radius 2 is 2.06 bits per heavy atom. The molecule has 1 aliphatic heterocycles. The van der Waals surface area contributed by atoms with E-state index >= 15 is 0 Å². The van der Waals surface area contributed by atoms with E-state index in [1.54, 1.807) is 0 Å². The van der Waals surface area contributed by atoms with Crippen molar-refractivity contribution in [1.82, 2.24) is 19.4 Å². The number of rotatable bonds is 6. The third kappa shape index (κ3) is 3.80. The number of likely N-dealkylation sites (N-methyl/N-ethyl adjacent to an activating group) is 1. The number of carbonyl (C=O) groups is 1. The van der Waals surface area contributed by atoms with Crippen LogP contribution >= 0.6 is 0 Å². The number of hydrogen-bond donors (Lipinski definition) is 3. The minimum Gasteiger partial charge on any atom is -0.477 e. The molecule has 2 aromatic heterocycles. The first kappa shape index (κ1) is 22.1. The fourth-order valence-corrected chi connectivity index (χ4v) is 4.81. The van der Waals surface area contributed by atoms with E-state index < -0.39 is 17.1 Å². The van der Waals surface area contributed by atoms with Gasteiger partial charge in [0.2, 0.25) is 0 Å². The zero-order valence-corrected chi connectivity index (χ0v) is 19.1. The molecule has 1 saturated heterocycles. The van der Waals surface area contributed by atoms with E-state index in [2.05, 4.69) is 46.6 Å². The zero-order valence-electron chi connectivity index (χ0n) is 19.1. The average molecular weight is 438 g/mol. The van der Waals surface area contributed by atoms with Gasteiger partial charge in [-0.3, -0.25) is 9.69 Å². The van der Waals surface area contributed by atoms with Crippen molar-refractivity contribution in [1.29, 1.82) is 0 Å². The lowest BCUT2D eigenvalue weighted by atomic mass is 9.99. The van der Waals surface area contributed by atoms with Gasteiger partial charge in [-0.25, -0.2) is 4.79 Å². The number of H-pyrrole nitrogens is 1. The molecule has 8 nitrogen and oxygen atoms in total. The summed E-state index contributed by atoms with van der Waals surface area (Å²) in [7, 11) is 6.35. The Labute approximate surface area is 187 Å². The highest BCUT2D eigenvalue weighted by Gasteiger charge is 2.25. The van der Waals surface area contributed by atoms with Crippen LogP contribution in [0.1, 0.15) is 35.0 Å². The van der Waals surface area contributed by atoms with Crippen molar-refractivity contribution in [2.75, 3.05) is 32.9 Å². The Morgan fingerprint density at radius 3 is 2.69 bits per heavy atom. The van der Waals surface area contributed by atoms with Gasteiger partial charge in [0.1, 0.15) is 5.56 Å². The predicted molar refractivity (Wildman–Crippen MR) is 127 cm³/mol. The lowest BCUT2D eigenvalue weighted by molar-refractivity contribution is 0.0696. The van der Waals surface area contributed by atoms with Gasteiger partial charge in [-0.05, 0) is 50.7 Å². The van der Waals surface area contributed by atoms with Gasteiger partial charge in [0.25, 0.3) is 5.56 Å². The number of fused-ring (bicyclic) bond motifs is 1. The smallest absolute Gasteiger partial charge is 0.343 e. The maximum absolute atomic E-state index is 12.4. The van der Waals surface area contributed by atoms with E-state index in [9.17, 15) is 14.7 Å². The Bertz CT molecular complexity index is 1240. The molecule has 1 atom stereocenters. The Hall–Kier alpha value is -3.10. The summed E-state index contributed by atoms with van der Waals surface area (Å²) in [5.74, 6) is -1.31. The van der Waals surface area contributed by atoms with Crippen LogP contribution in [0.4, 0.5) is 5.69 Å². The van der Waals surface area contributed by atoms with Gasteiger partial charge in [0, 0.05) is 54.9 Å². The molecular formula is C24H31N5O3. The third-order valence-electron chi connectivity index (χ3n) is 6.72. The molecule has 32 heavy (non-hydrogen) atoms. The second kappa shape index (κ2) is 8.44. The number of aryl methyl sites for hydroxylation is 1. The maximum Gasteiger partial charge on any atom is 0.343 e. The number of pyridine rings is 1. The average Bonchev–Trinajstić information content (AvgIpc) is 3.32. The first-order chi connectivity index (χ1) is 15.2. The number of anilines is 1. The molecule has 0 spiro atoms. The van der Waals surface area contributed by atoms with Crippen LogP contribution in [0.3, 0.4) is 0 Å². The van der Waals surface area contributed by atoms with Crippen LogP contribution in [-0.4, -0.2) is 63.7 Å². The fourth-order valence-electron chi connectivity index (χ4n) is 4.81.